The lowest BCUT2D eigenvalue weighted by Gasteiger charge is -2.07. The molecule has 0 unspecified atom stereocenters. The second-order valence-electron chi connectivity index (χ2n) is 4.82. The lowest BCUT2D eigenvalue weighted by molar-refractivity contribution is -0.141. The number of benzene rings is 1. The summed E-state index contributed by atoms with van der Waals surface area (Å²) in [6.07, 6.45) is -9.69. The van der Waals surface area contributed by atoms with Gasteiger partial charge in [0.1, 0.15) is 11.4 Å². The summed E-state index contributed by atoms with van der Waals surface area (Å²) < 4.78 is 78.8. The molecule has 0 amide bonds. The molecule has 1 aromatic carbocycles. The maximum atomic E-state index is 12.5. The molecule has 3 nitrogen and oxygen atoms in total. The molecule has 132 valence electrons. The Balaban J connectivity index is 1.93. The Hall–Kier alpha value is -1.84. The second kappa shape index (κ2) is 7.37. The van der Waals surface area contributed by atoms with E-state index < -0.39 is 24.5 Å². The van der Waals surface area contributed by atoms with E-state index in [9.17, 15) is 26.3 Å². The van der Waals surface area contributed by atoms with Crippen molar-refractivity contribution in [3.05, 3.63) is 36.0 Å². The zero-order chi connectivity index (χ0) is 17.8. The fourth-order valence-corrected chi connectivity index (χ4v) is 2.35. The summed E-state index contributed by atoms with van der Waals surface area (Å²) in [5.41, 5.74) is -0.477. The topological polar surface area (TPSA) is 37.9 Å². The standard InChI is InChI=1S/C14H12F6N2OS/c15-13(16,17)5-2-6-24-23-10-4-1-3-9(7-10)11-8-12(22-21-11)14(18,19)20/h1,3-4,7-8H,2,5-6H2,(H,21,22). The highest BCUT2D eigenvalue weighted by molar-refractivity contribution is 7.95. The molecule has 0 bridgehead atoms. The summed E-state index contributed by atoms with van der Waals surface area (Å²) in [4.78, 5) is 0. The van der Waals surface area contributed by atoms with E-state index in [-0.39, 0.29) is 17.9 Å². The molecule has 0 aliphatic heterocycles. The summed E-state index contributed by atoms with van der Waals surface area (Å²) in [5.74, 6) is 0.464. The lowest BCUT2D eigenvalue weighted by Crippen LogP contribution is -2.07. The first-order valence-electron chi connectivity index (χ1n) is 6.74. The van der Waals surface area contributed by atoms with Crippen LogP contribution in [0.25, 0.3) is 11.3 Å². The van der Waals surface area contributed by atoms with Gasteiger partial charge in [0.2, 0.25) is 0 Å². The third kappa shape index (κ3) is 5.66. The van der Waals surface area contributed by atoms with Crippen LogP contribution in [0.15, 0.2) is 30.3 Å². The van der Waals surface area contributed by atoms with Crippen molar-refractivity contribution in [2.75, 3.05) is 5.75 Å². The zero-order valence-corrected chi connectivity index (χ0v) is 12.9. The van der Waals surface area contributed by atoms with Crippen LogP contribution < -0.4 is 4.18 Å². The number of hydrogen-bond donors (Lipinski definition) is 1. The SMILES string of the molecule is FC(F)(F)CCCSOc1cccc(-c2cc(C(F)(F)F)[nH]n2)c1. The zero-order valence-electron chi connectivity index (χ0n) is 12.0. The molecule has 0 saturated heterocycles. The first kappa shape index (κ1) is 18.5. The summed E-state index contributed by atoms with van der Waals surface area (Å²) in [6, 6.07) is 7.00. The molecule has 0 aliphatic rings. The molecule has 0 radical (unpaired) electrons. The molecule has 0 spiro atoms. The minimum Gasteiger partial charge on any atom is -0.426 e. The number of rotatable bonds is 6. The number of nitrogens with one attached hydrogen (secondary N) is 1. The molecule has 1 N–H and O–H groups in total. The van der Waals surface area contributed by atoms with E-state index in [1.807, 2.05) is 5.10 Å². The smallest absolute Gasteiger partial charge is 0.426 e. The average Bonchev–Trinajstić information content (AvgIpc) is 2.96. The van der Waals surface area contributed by atoms with Gasteiger partial charge in [-0.15, -0.1) is 0 Å². The normalized spacial score (nSPS) is 12.4. The predicted molar refractivity (Wildman–Crippen MR) is 77.4 cm³/mol. The third-order valence-corrected chi connectivity index (χ3v) is 3.62. The van der Waals surface area contributed by atoms with Crippen molar-refractivity contribution in [1.29, 1.82) is 0 Å². The van der Waals surface area contributed by atoms with Gasteiger partial charge in [0.25, 0.3) is 0 Å². The molecular weight excluding hydrogens is 358 g/mol. The van der Waals surface area contributed by atoms with Gasteiger partial charge in [-0.3, -0.25) is 5.10 Å². The highest BCUT2D eigenvalue weighted by atomic mass is 32.2. The average molecular weight is 370 g/mol. The van der Waals surface area contributed by atoms with Gasteiger partial charge in [0.05, 0.1) is 17.7 Å². The van der Waals surface area contributed by atoms with E-state index in [4.69, 9.17) is 4.18 Å². The molecule has 0 fully saturated rings. The van der Waals surface area contributed by atoms with Crippen LogP contribution in [-0.2, 0) is 6.18 Å². The number of alkyl halides is 6. The van der Waals surface area contributed by atoms with Gasteiger partial charge in [-0.05, 0) is 24.6 Å². The van der Waals surface area contributed by atoms with E-state index in [1.54, 1.807) is 18.2 Å². The van der Waals surface area contributed by atoms with E-state index in [0.717, 1.165) is 18.1 Å². The van der Waals surface area contributed by atoms with Gasteiger partial charge in [-0.25, -0.2) is 0 Å². The Labute approximate surface area is 137 Å². The Morgan fingerprint density at radius 1 is 1.08 bits per heavy atom. The number of aromatic nitrogens is 2. The minimum atomic E-state index is -4.52. The van der Waals surface area contributed by atoms with Crippen LogP contribution in [-0.4, -0.2) is 22.1 Å². The maximum Gasteiger partial charge on any atom is 0.432 e. The Morgan fingerprint density at radius 3 is 2.46 bits per heavy atom. The monoisotopic (exact) mass is 370 g/mol. The Morgan fingerprint density at radius 2 is 1.83 bits per heavy atom. The van der Waals surface area contributed by atoms with Crippen LogP contribution in [0.5, 0.6) is 5.75 Å². The first-order valence-corrected chi connectivity index (χ1v) is 7.65. The maximum absolute atomic E-state index is 12.5. The van der Waals surface area contributed by atoms with Crippen LogP contribution >= 0.6 is 12.0 Å². The molecule has 0 aliphatic carbocycles. The molecule has 0 atom stereocenters. The van der Waals surface area contributed by atoms with Crippen molar-refractivity contribution in [3.63, 3.8) is 0 Å². The van der Waals surface area contributed by atoms with E-state index in [0.29, 0.717) is 11.3 Å². The molecule has 1 heterocycles. The molecule has 10 heteroatoms. The summed E-state index contributed by atoms with van der Waals surface area (Å²) >= 11 is 0.852. The summed E-state index contributed by atoms with van der Waals surface area (Å²) in [5, 5.41) is 5.51. The van der Waals surface area contributed by atoms with Crippen molar-refractivity contribution >= 4 is 12.0 Å². The van der Waals surface area contributed by atoms with Crippen molar-refractivity contribution in [2.45, 2.75) is 25.2 Å². The van der Waals surface area contributed by atoms with Crippen molar-refractivity contribution in [2.24, 2.45) is 0 Å². The van der Waals surface area contributed by atoms with Crippen molar-refractivity contribution in [1.82, 2.24) is 10.2 Å². The first-order chi connectivity index (χ1) is 11.1. The highest BCUT2D eigenvalue weighted by Gasteiger charge is 2.33. The van der Waals surface area contributed by atoms with E-state index in [1.165, 1.54) is 6.07 Å². The largest absolute Gasteiger partial charge is 0.432 e. The molecule has 1 aromatic heterocycles. The third-order valence-electron chi connectivity index (χ3n) is 2.86. The number of aromatic amines is 1. The number of nitrogens with zero attached hydrogens (tertiary/aromatic N) is 1. The summed E-state index contributed by atoms with van der Waals surface area (Å²) in [7, 11) is 0. The second-order valence-corrected chi connectivity index (χ2v) is 5.63. The van der Waals surface area contributed by atoms with Crippen molar-refractivity contribution in [3.8, 4) is 17.0 Å². The van der Waals surface area contributed by atoms with Gasteiger partial charge < -0.3 is 4.18 Å². The summed E-state index contributed by atoms with van der Waals surface area (Å²) in [6.45, 7) is 0. The molecule has 2 aromatic rings. The number of hydrogen-bond acceptors (Lipinski definition) is 3. The lowest BCUT2D eigenvalue weighted by atomic mass is 10.1. The fourth-order valence-electron chi connectivity index (χ4n) is 1.76. The number of halogens is 6. The number of H-pyrrole nitrogens is 1. The molecule has 2 rings (SSSR count). The van der Waals surface area contributed by atoms with Crippen LogP contribution in [0.1, 0.15) is 18.5 Å². The van der Waals surface area contributed by atoms with Crippen LogP contribution in [0, 0.1) is 0 Å². The van der Waals surface area contributed by atoms with Gasteiger partial charge >= 0.3 is 12.4 Å². The highest BCUT2D eigenvalue weighted by Crippen LogP contribution is 2.31. The van der Waals surface area contributed by atoms with Crippen LogP contribution in [0.3, 0.4) is 0 Å². The molecule has 0 saturated carbocycles. The van der Waals surface area contributed by atoms with Crippen LogP contribution in [0.4, 0.5) is 26.3 Å². The predicted octanol–water partition coefficient (Wildman–Crippen LogP) is 5.47. The quantitative estimate of drug-likeness (QED) is 0.417. The molecular formula is C14H12F6N2OS. The van der Waals surface area contributed by atoms with Crippen molar-refractivity contribution < 1.29 is 30.5 Å². The van der Waals surface area contributed by atoms with Crippen LogP contribution in [0.2, 0.25) is 0 Å². The van der Waals surface area contributed by atoms with Gasteiger partial charge in [0.15, 0.2) is 0 Å². The van der Waals surface area contributed by atoms with Gasteiger partial charge in [0, 0.05) is 17.7 Å². The van der Waals surface area contributed by atoms with Gasteiger partial charge in [-0.2, -0.15) is 31.4 Å². The Bertz CT molecular complexity index is 668. The fraction of sp³-hybridized carbons (Fsp3) is 0.357. The Kier molecular flexibility index (Phi) is 5.68. The molecule has 24 heavy (non-hydrogen) atoms. The minimum absolute atomic E-state index is 0.0812. The van der Waals surface area contributed by atoms with E-state index in [2.05, 4.69) is 5.10 Å². The van der Waals surface area contributed by atoms with Gasteiger partial charge in [-0.1, -0.05) is 12.1 Å². The van der Waals surface area contributed by atoms with E-state index >= 15 is 0 Å².